The Morgan fingerprint density at radius 2 is 1.71 bits per heavy atom. The van der Waals surface area contributed by atoms with Crippen LogP contribution >= 0.6 is 0 Å². The Kier molecular flexibility index (Phi) is 4.43. The lowest BCUT2D eigenvalue weighted by Gasteiger charge is -2.24. The van der Waals surface area contributed by atoms with E-state index in [-0.39, 0.29) is 5.91 Å². The summed E-state index contributed by atoms with van der Waals surface area (Å²) in [6, 6.07) is 18.4. The number of aromatic amines is 1. The molecule has 0 saturated carbocycles. The third-order valence-corrected chi connectivity index (χ3v) is 4.63. The molecule has 0 aliphatic carbocycles. The summed E-state index contributed by atoms with van der Waals surface area (Å²) in [5, 5.41) is 4.22. The first-order valence-electron chi connectivity index (χ1n) is 8.40. The molecule has 1 amide bonds. The van der Waals surface area contributed by atoms with E-state index in [0.717, 1.165) is 28.6 Å². The predicted octanol–water partition coefficient (Wildman–Crippen LogP) is 4.11. The van der Waals surface area contributed by atoms with Crippen molar-refractivity contribution >= 4 is 16.8 Å². The Morgan fingerprint density at radius 3 is 2.46 bits per heavy atom. The van der Waals surface area contributed by atoms with E-state index in [4.69, 9.17) is 0 Å². The van der Waals surface area contributed by atoms with Gasteiger partial charge in [0.25, 0.3) is 0 Å². The van der Waals surface area contributed by atoms with E-state index in [1.165, 1.54) is 5.56 Å². The number of aryl methyl sites for hydroxylation is 1. The summed E-state index contributed by atoms with van der Waals surface area (Å²) in [4.78, 5) is 16.2. The van der Waals surface area contributed by atoms with Crippen LogP contribution in [-0.4, -0.2) is 17.4 Å². The predicted molar refractivity (Wildman–Crippen MR) is 99.2 cm³/mol. The second-order valence-corrected chi connectivity index (χ2v) is 6.79. The van der Waals surface area contributed by atoms with Crippen molar-refractivity contribution in [2.24, 2.45) is 0 Å². The number of H-pyrrole nitrogens is 1. The highest BCUT2D eigenvalue weighted by Gasteiger charge is 2.33. The topological polar surface area (TPSA) is 44.9 Å². The minimum Gasteiger partial charge on any atom is -0.358 e. The summed E-state index contributed by atoms with van der Waals surface area (Å²) in [6.07, 6.45) is 0.843. The van der Waals surface area contributed by atoms with E-state index in [9.17, 15) is 4.79 Å². The van der Waals surface area contributed by atoms with Gasteiger partial charge in [-0.1, -0.05) is 48.5 Å². The van der Waals surface area contributed by atoms with Crippen molar-refractivity contribution in [3.8, 4) is 0 Å². The SMILES string of the molecule is Cc1[nH]c2ccccc2c1C(C)(C)C(=O)NCCc1ccccc1. The molecule has 0 saturated heterocycles. The van der Waals surface area contributed by atoms with E-state index < -0.39 is 5.41 Å². The number of aromatic nitrogens is 1. The Morgan fingerprint density at radius 1 is 1.04 bits per heavy atom. The quantitative estimate of drug-likeness (QED) is 0.730. The summed E-state index contributed by atoms with van der Waals surface area (Å²) < 4.78 is 0. The second-order valence-electron chi connectivity index (χ2n) is 6.79. The molecule has 0 aliphatic heterocycles. The molecule has 2 aromatic carbocycles. The summed E-state index contributed by atoms with van der Waals surface area (Å²) >= 11 is 0. The highest BCUT2D eigenvalue weighted by Crippen LogP contribution is 2.33. The van der Waals surface area contributed by atoms with E-state index in [1.54, 1.807) is 0 Å². The molecule has 0 atom stereocenters. The van der Waals surface area contributed by atoms with Gasteiger partial charge in [0, 0.05) is 23.1 Å². The van der Waals surface area contributed by atoms with Gasteiger partial charge in [0.2, 0.25) is 5.91 Å². The van der Waals surface area contributed by atoms with Crippen molar-refractivity contribution < 1.29 is 4.79 Å². The lowest BCUT2D eigenvalue weighted by Crippen LogP contribution is -2.41. The minimum absolute atomic E-state index is 0.0614. The molecule has 0 unspecified atom stereocenters. The summed E-state index contributed by atoms with van der Waals surface area (Å²) in [7, 11) is 0. The zero-order chi connectivity index (χ0) is 17.2. The first-order chi connectivity index (χ1) is 11.5. The normalized spacial score (nSPS) is 11.6. The van der Waals surface area contributed by atoms with E-state index in [2.05, 4.69) is 34.6 Å². The van der Waals surface area contributed by atoms with Gasteiger partial charge in [-0.2, -0.15) is 0 Å². The zero-order valence-corrected chi connectivity index (χ0v) is 14.5. The van der Waals surface area contributed by atoms with Crippen LogP contribution in [0.15, 0.2) is 54.6 Å². The van der Waals surface area contributed by atoms with Gasteiger partial charge in [0.05, 0.1) is 5.41 Å². The van der Waals surface area contributed by atoms with Crippen LogP contribution in [0.25, 0.3) is 10.9 Å². The van der Waals surface area contributed by atoms with Crippen molar-refractivity contribution in [2.45, 2.75) is 32.6 Å². The fourth-order valence-corrected chi connectivity index (χ4v) is 3.38. The zero-order valence-electron chi connectivity index (χ0n) is 14.5. The smallest absolute Gasteiger partial charge is 0.230 e. The highest BCUT2D eigenvalue weighted by molar-refractivity contribution is 5.95. The Labute approximate surface area is 143 Å². The maximum Gasteiger partial charge on any atom is 0.230 e. The van der Waals surface area contributed by atoms with Crippen LogP contribution in [0.3, 0.4) is 0 Å². The largest absolute Gasteiger partial charge is 0.358 e. The maximum atomic E-state index is 12.8. The number of nitrogens with one attached hydrogen (secondary N) is 2. The van der Waals surface area contributed by atoms with Crippen LogP contribution in [0.1, 0.15) is 30.7 Å². The summed E-state index contributed by atoms with van der Waals surface area (Å²) in [5.41, 5.74) is 3.86. The number of benzene rings is 2. The van der Waals surface area contributed by atoms with Gasteiger partial charge in [-0.15, -0.1) is 0 Å². The van der Waals surface area contributed by atoms with Gasteiger partial charge in [-0.25, -0.2) is 0 Å². The molecule has 3 rings (SSSR count). The lowest BCUT2D eigenvalue weighted by atomic mass is 9.81. The average Bonchev–Trinajstić information content (AvgIpc) is 2.92. The number of carbonyl (C=O) groups excluding carboxylic acids is 1. The van der Waals surface area contributed by atoms with Gasteiger partial charge in [-0.3, -0.25) is 4.79 Å². The molecule has 0 aliphatic rings. The van der Waals surface area contributed by atoms with Crippen LogP contribution in [0, 0.1) is 6.92 Å². The molecule has 2 N–H and O–H groups in total. The molecule has 0 bridgehead atoms. The molecule has 3 aromatic rings. The molecule has 3 heteroatoms. The first-order valence-corrected chi connectivity index (χ1v) is 8.40. The van der Waals surface area contributed by atoms with Gasteiger partial charge < -0.3 is 10.3 Å². The van der Waals surface area contributed by atoms with Gasteiger partial charge in [-0.05, 0) is 44.4 Å². The average molecular weight is 320 g/mol. The van der Waals surface area contributed by atoms with Crippen molar-refractivity contribution in [3.05, 3.63) is 71.4 Å². The third-order valence-electron chi connectivity index (χ3n) is 4.63. The number of fused-ring (bicyclic) bond motifs is 1. The first kappa shape index (κ1) is 16.3. The monoisotopic (exact) mass is 320 g/mol. The van der Waals surface area contributed by atoms with Crippen LogP contribution in [0.4, 0.5) is 0 Å². The number of carbonyl (C=O) groups is 1. The van der Waals surface area contributed by atoms with Gasteiger partial charge >= 0.3 is 0 Å². The summed E-state index contributed by atoms with van der Waals surface area (Å²) in [5.74, 6) is 0.0614. The molecule has 124 valence electrons. The number of hydrogen-bond donors (Lipinski definition) is 2. The van der Waals surface area contributed by atoms with Crippen LogP contribution in [0.5, 0.6) is 0 Å². The minimum atomic E-state index is -0.583. The van der Waals surface area contributed by atoms with Crippen LogP contribution in [0.2, 0.25) is 0 Å². The Hall–Kier alpha value is -2.55. The Bertz CT molecular complexity index is 847. The number of rotatable bonds is 5. The molecule has 0 spiro atoms. The standard InChI is InChI=1S/C21H24N2O/c1-15-19(17-11-7-8-12-18(17)23-15)21(2,3)20(24)22-14-13-16-9-5-4-6-10-16/h4-12,23H,13-14H2,1-3H3,(H,22,24). The van der Waals surface area contributed by atoms with Crippen molar-refractivity contribution in [2.75, 3.05) is 6.54 Å². The van der Waals surface area contributed by atoms with E-state index >= 15 is 0 Å². The molecular formula is C21H24N2O. The van der Waals surface area contributed by atoms with Gasteiger partial charge in [0.15, 0.2) is 0 Å². The molecule has 0 radical (unpaired) electrons. The van der Waals surface area contributed by atoms with E-state index in [0.29, 0.717) is 6.54 Å². The van der Waals surface area contributed by atoms with Crippen molar-refractivity contribution in [3.63, 3.8) is 0 Å². The van der Waals surface area contributed by atoms with Crippen molar-refractivity contribution in [1.29, 1.82) is 0 Å². The second kappa shape index (κ2) is 6.52. The number of hydrogen-bond acceptors (Lipinski definition) is 1. The van der Waals surface area contributed by atoms with Crippen LogP contribution in [-0.2, 0) is 16.6 Å². The lowest BCUT2D eigenvalue weighted by molar-refractivity contribution is -0.125. The number of para-hydroxylation sites is 1. The fourth-order valence-electron chi connectivity index (χ4n) is 3.38. The fraction of sp³-hybridized carbons (Fsp3) is 0.286. The third kappa shape index (κ3) is 3.07. The van der Waals surface area contributed by atoms with Crippen molar-refractivity contribution in [1.82, 2.24) is 10.3 Å². The molecule has 1 heterocycles. The maximum absolute atomic E-state index is 12.8. The van der Waals surface area contributed by atoms with Crippen LogP contribution < -0.4 is 5.32 Å². The highest BCUT2D eigenvalue weighted by atomic mass is 16.2. The molecule has 0 fully saturated rings. The van der Waals surface area contributed by atoms with Gasteiger partial charge in [0.1, 0.15) is 0 Å². The number of amides is 1. The molecule has 1 aromatic heterocycles. The molecule has 3 nitrogen and oxygen atoms in total. The molecule has 24 heavy (non-hydrogen) atoms. The summed E-state index contributed by atoms with van der Waals surface area (Å²) in [6.45, 7) is 6.67. The molecular weight excluding hydrogens is 296 g/mol. The Balaban J connectivity index is 1.76. The van der Waals surface area contributed by atoms with E-state index in [1.807, 2.05) is 51.1 Å².